The van der Waals surface area contributed by atoms with Crippen LogP contribution in [0.5, 0.6) is 0 Å². The van der Waals surface area contributed by atoms with Gasteiger partial charge in [0, 0.05) is 22.0 Å². The summed E-state index contributed by atoms with van der Waals surface area (Å²) >= 11 is -2.36. The third-order valence-corrected chi connectivity index (χ3v) is 1.35. The van der Waals surface area contributed by atoms with Gasteiger partial charge in [-0.2, -0.15) is 0 Å². The first kappa shape index (κ1) is 13.0. The van der Waals surface area contributed by atoms with Crippen molar-refractivity contribution in [3.05, 3.63) is 34.5 Å². The second kappa shape index (κ2) is 5.64. The molecular formula is C7H7NNaO3S-. The van der Waals surface area contributed by atoms with Crippen molar-refractivity contribution in [3.8, 4) is 0 Å². The molecule has 0 radical (unpaired) electrons. The summed E-state index contributed by atoms with van der Waals surface area (Å²) in [5, 5.41) is 5.82. The quantitative estimate of drug-likeness (QED) is 0.368. The van der Waals surface area contributed by atoms with Crippen molar-refractivity contribution in [3.63, 3.8) is 0 Å². The van der Waals surface area contributed by atoms with E-state index in [4.69, 9.17) is 8.76 Å². The van der Waals surface area contributed by atoms with E-state index >= 15 is 0 Å². The van der Waals surface area contributed by atoms with Gasteiger partial charge in [-0.05, 0) is 0 Å². The summed E-state index contributed by atoms with van der Waals surface area (Å²) in [4.78, 5) is 10.5. The van der Waals surface area contributed by atoms with Gasteiger partial charge in [-0.25, -0.2) is 0 Å². The Morgan fingerprint density at radius 1 is 1.31 bits per heavy atom. The van der Waals surface area contributed by atoms with E-state index in [1.165, 1.54) is 0 Å². The third kappa shape index (κ3) is 4.12. The molecule has 0 aromatic heterocycles. The molecule has 0 saturated heterocycles. The van der Waals surface area contributed by atoms with Crippen LogP contribution in [0, 0.1) is 0 Å². The van der Waals surface area contributed by atoms with Gasteiger partial charge < -0.3 is 5.98 Å². The molecule has 2 N–H and O–H groups in total. The molecule has 0 aliphatic heterocycles. The first-order chi connectivity index (χ1) is 5.63. The Morgan fingerprint density at radius 2 is 1.62 bits per heavy atom. The average Bonchev–Trinajstić information content (AvgIpc) is 2.63. The Labute approximate surface area is 101 Å². The van der Waals surface area contributed by atoms with Crippen LogP contribution < -0.4 is 40.1 Å². The molecule has 0 saturated carbocycles. The van der Waals surface area contributed by atoms with Gasteiger partial charge in [0.2, 0.25) is 0 Å². The third-order valence-electron chi connectivity index (χ3n) is 1.35. The minimum atomic E-state index is -2.36. The number of nitrogens with two attached hydrogens (primary N) is 1. The van der Waals surface area contributed by atoms with Crippen LogP contribution in [-0.2, 0) is 11.3 Å². The van der Waals surface area contributed by atoms with Crippen LogP contribution in [0.3, 0.4) is 0 Å². The number of benzene rings is 1. The molecule has 2 aromatic rings. The maximum absolute atomic E-state index is 10.5. The van der Waals surface area contributed by atoms with Crippen molar-refractivity contribution in [2.45, 2.75) is 0 Å². The second-order valence-electron chi connectivity index (χ2n) is 2.14. The predicted octanol–water partition coefficient (Wildman–Crippen LogP) is -3.07. The van der Waals surface area contributed by atoms with Crippen molar-refractivity contribution in [1.82, 2.24) is 0 Å². The standard InChI is InChI=1S/C7H4O.H3NO2S.Na.H/c8-7-5-3-1-2-4-6(5)7;1-4(2)3;;/h1-4H;1H2,(H,2,3);;/q;;+1;-1/p-1. The van der Waals surface area contributed by atoms with Crippen LogP contribution >= 0.6 is 0 Å². The Balaban J connectivity index is 0. The zero-order valence-electron chi connectivity index (χ0n) is 8.02. The SMILES string of the molecule is NS(=O)[O-].O=c1c2ccccc12.[H-].[Na+]. The number of hydrogen-bond acceptors (Lipinski definition) is 3. The Morgan fingerprint density at radius 3 is 1.85 bits per heavy atom. The van der Waals surface area contributed by atoms with E-state index in [9.17, 15) is 4.79 Å². The largest absolute Gasteiger partial charge is 1.00 e. The number of hydrogen-bond donors (Lipinski definition) is 1. The molecule has 0 aliphatic rings. The van der Waals surface area contributed by atoms with Gasteiger partial charge in [0.25, 0.3) is 0 Å². The summed E-state index contributed by atoms with van der Waals surface area (Å²) in [6, 6.07) is 7.45. The van der Waals surface area contributed by atoms with Crippen molar-refractivity contribution in [1.29, 1.82) is 0 Å². The van der Waals surface area contributed by atoms with Crippen molar-refractivity contribution < 1.29 is 39.7 Å². The van der Waals surface area contributed by atoms with Crippen molar-refractivity contribution in [2.75, 3.05) is 0 Å². The van der Waals surface area contributed by atoms with Crippen LogP contribution in [0.4, 0.5) is 0 Å². The maximum atomic E-state index is 10.5. The molecule has 66 valence electrons. The zero-order chi connectivity index (χ0) is 9.14. The Bertz CT molecular complexity index is 392. The fourth-order valence-electron chi connectivity index (χ4n) is 0.833. The topological polar surface area (TPSA) is 83.2 Å². The number of rotatable bonds is 0. The van der Waals surface area contributed by atoms with Crippen molar-refractivity contribution in [2.24, 2.45) is 5.14 Å². The van der Waals surface area contributed by atoms with Gasteiger partial charge in [0.15, 0.2) is 5.43 Å². The van der Waals surface area contributed by atoms with E-state index in [0.717, 1.165) is 10.8 Å². The molecule has 0 heterocycles. The van der Waals surface area contributed by atoms with E-state index in [1.807, 2.05) is 24.3 Å². The molecule has 13 heavy (non-hydrogen) atoms. The molecule has 2 rings (SSSR count). The van der Waals surface area contributed by atoms with Crippen LogP contribution in [0.25, 0.3) is 10.8 Å². The number of fused-ring (bicyclic) bond motifs is 1. The van der Waals surface area contributed by atoms with Gasteiger partial charge >= 0.3 is 29.6 Å². The second-order valence-corrected chi connectivity index (χ2v) is 2.66. The smallest absolute Gasteiger partial charge is 1.00 e. The van der Waals surface area contributed by atoms with Crippen LogP contribution in [0.1, 0.15) is 1.43 Å². The molecule has 1 atom stereocenters. The summed E-state index contributed by atoms with van der Waals surface area (Å²) in [6.45, 7) is 0. The van der Waals surface area contributed by atoms with E-state index in [0.29, 0.717) is 0 Å². The first-order valence-corrected chi connectivity index (χ1v) is 4.24. The normalized spacial score (nSPS) is 11.5. The molecular weight excluding hydrogens is 201 g/mol. The Kier molecular flexibility index (Phi) is 5.62. The molecule has 0 spiro atoms. The Hall–Kier alpha value is -0.0400. The summed E-state index contributed by atoms with van der Waals surface area (Å²) in [5.41, 5.74) is 0.218. The van der Waals surface area contributed by atoms with Crippen LogP contribution in [0.2, 0.25) is 0 Å². The maximum Gasteiger partial charge on any atom is 1.00 e. The molecule has 0 amide bonds. The van der Waals surface area contributed by atoms with Crippen LogP contribution in [-0.4, -0.2) is 8.76 Å². The molecule has 2 aromatic carbocycles. The van der Waals surface area contributed by atoms with Gasteiger partial charge in [-0.1, -0.05) is 24.3 Å². The minimum absolute atomic E-state index is 0. The summed E-state index contributed by atoms with van der Waals surface area (Å²) in [5.74, 6) is 0. The molecule has 0 bridgehead atoms. The van der Waals surface area contributed by atoms with Crippen LogP contribution in [0.15, 0.2) is 29.1 Å². The molecule has 0 aliphatic carbocycles. The van der Waals surface area contributed by atoms with Gasteiger partial charge in [-0.15, -0.1) is 0 Å². The fourth-order valence-corrected chi connectivity index (χ4v) is 0.833. The van der Waals surface area contributed by atoms with E-state index < -0.39 is 11.3 Å². The monoisotopic (exact) mass is 208 g/mol. The summed E-state index contributed by atoms with van der Waals surface area (Å²) < 4.78 is 17.6. The average molecular weight is 208 g/mol. The zero-order valence-corrected chi connectivity index (χ0v) is 9.84. The summed E-state index contributed by atoms with van der Waals surface area (Å²) in [7, 11) is 0. The minimum Gasteiger partial charge on any atom is -1.00 e. The van der Waals surface area contributed by atoms with Gasteiger partial charge in [0.1, 0.15) is 0 Å². The van der Waals surface area contributed by atoms with E-state index in [1.54, 1.807) is 0 Å². The van der Waals surface area contributed by atoms with E-state index in [-0.39, 0.29) is 36.4 Å². The molecule has 0 fully saturated rings. The summed E-state index contributed by atoms with van der Waals surface area (Å²) in [6.07, 6.45) is 0. The molecule has 1 unspecified atom stereocenters. The van der Waals surface area contributed by atoms with Crippen molar-refractivity contribution >= 4 is 22.0 Å². The molecule has 4 nitrogen and oxygen atoms in total. The molecule has 6 heteroatoms. The van der Waals surface area contributed by atoms with E-state index in [2.05, 4.69) is 5.14 Å². The fraction of sp³-hybridized carbons (Fsp3) is 0. The van der Waals surface area contributed by atoms with Gasteiger partial charge in [0.05, 0.1) is 0 Å². The predicted molar refractivity (Wildman–Crippen MR) is 46.8 cm³/mol. The first-order valence-electron chi connectivity index (χ1n) is 3.10. The van der Waals surface area contributed by atoms with Gasteiger partial charge in [-0.3, -0.25) is 14.1 Å².